The van der Waals surface area contributed by atoms with Crippen LogP contribution in [0, 0.1) is 10.1 Å². The Labute approximate surface area is 108 Å². The molecule has 0 aromatic rings. The standard InChI is InChI=1S/C7H15NO8S2/c9-6(17(13)14)3-1-5(8(11)12)2-4-7(10)18(15)16/h5-7,9-10H,1-4H2,(H,13,14)(H,15,16). The molecule has 0 rings (SSSR count). The summed E-state index contributed by atoms with van der Waals surface area (Å²) >= 11 is -4.93. The Morgan fingerprint density at radius 3 is 1.50 bits per heavy atom. The number of aliphatic hydroxyl groups is 2. The first kappa shape index (κ1) is 17.5. The van der Waals surface area contributed by atoms with Crippen LogP contribution >= 0.6 is 0 Å². The van der Waals surface area contributed by atoms with Gasteiger partial charge in [0.2, 0.25) is 6.04 Å². The molecule has 0 bridgehead atoms. The average Bonchev–Trinajstić information content (AvgIpc) is 2.27. The van der Waals surface area contributed by atoms with Crippen molar-refractivity contribution in [3.05, 3.63) is 10.1 Å². The van der Waals surface area contributed by atoms with E-state index in [4.69, 9.17) is 19.3 Å². The molecule has 0 saturated carbocycles. The van der Waals surface area contributed by atoms with Crippen molar-refractivity contribution >= 4 is 22.2 Å². The van der Waals surface area contributed by atoms with Gasteiger partial charge in [-0.05, 0) is 12.8 Å². The first-order valence-corrected chi connectivity index (χ1v) is 7.28. The third-order valence-corrected chi connectivity index (χ3v) is 3.66. The van der Waals surface area contributed by atoms with E-state index in [0.29, 0.717) is 0 Å². The molecule has 9 nitrogen and oxygen atoms in total. The molecule has 0 aromatic carbocycles. The van der Waals surface area contributed by atoms with E-state index in [0.717, 1.165) is 0 Å². The molecular weight excluding hydrogens is 290 g/mol. The predicted molar refractivity (Wildman–Crippen MR) is 62.8 cm³/mol. The van der Waals surface area contributed by atoms with Crippen molar-refractivity contribution in [1.82, 2.24) is 0 Å². The molecule has 0 aliphatic rings. The lowest BCUT2D eigenvalue weighted by Gasteiger charge is -2.12. The van der Waals surface area contributed by atoms with Crippen LogP contribution in [0.4, 0.5) is 0 Å². The Balaban J connectivity index is 4.20. The lowest BCUT2D eigenvalue weighted by Crippen LogP contribution is -2.25. The molecule has 4 atom stereocenters. The lowest BCUT2D eigenvalue weighted by atomic mass is 10.1. The van der Waals surface area contributed by atoms with Crippen molar-refractivity contribution in [2.24, 2.45) is 0 Å². The molecule has 4 unspecified atom stereocenters. The highest BCUT2D eigenvalue weighted by atomic mass is 32.2. The van der Waals surface area contributed by atoms with Crippen molar-refractivity contribution in [2.75, 3.05) is 0 Å². The minimum Gasteiger partial charge on any atom is -0.377 e. The van der Waals surface area contributed by atoms with Gasteiger partial charge < -0.3 is 19.3 Å². The van der Waals surface area contributed by atoms with Gasteiger partial charge in [0.05, 0.1) is 0 Å². The van der Waals surface area contributed by atoms with Crippen LogP contribution < -0.4 is 0 Å². The monoisotopic (exact) mass is 305 g/mol. The highest BCUT2D eigenvalue weighted by Crippen LogP contribution is 2.14. The maximum absolute atomic E-state index is 10.6. The van der Waals surface area contributed by atoms with E-state index in [1.807, 2.05) is 0 Å². The van der Waals surface area contributed by atoms with Crippen molar-refractivity contribution in [3.63, 3.8) is 0 Å². The molecular formula is C7H15NO8S2. The summed E-state index contributed by atoms with van der Waals surface area (Å²) in [4.78, 5) is 9.98. The molecule has 0 spiro atoms. The largest absolute Gasteiger partial charge is 0.377 e. The van der Waals surface area contributed by atoms with E-state index in [2.05, 4.69) is 0 Å². The van der Waals surface area contributed by atoms with Crippen LogP contribution in [-0.4, -0.2) is 49.6 Å². The summed E-state index contributed by atoms with van der Waals surface area (Å²) in [5.41, 5.74) is -3.13. The third kappa shape index (κ3) is 7.08. The second-order valence-corrected chi connectivity index (χ2v) is 5.75. The maximum atomic E-state index is 10.6. The molecule has 11 heteroatoms. The van der Waals surface area contributed by atoms with Crippen LogP contribution in [0.3, 0.4) is 0 Å². The summed E-state index contributed by atoms with van der Waals surface area (Å²) in [5, 5.41) is 28.7. The molecule has 0 aromatic heterocycles. The molecule has 0 amide bonds. The molecule has 0 radical (unpaired) electrons. The van der Waals surface area contributed by atoms with Gasteiger partial charge in [-0.1, -0.05) is 0 Å². The van der Waals surface area contributed by atoms with Gasteiger partial charge in [0.15, 0.2) is 33.0 Å². The fraction of sp³-hybridized carbons (Fsp3) is 1.00. The molecule has 0 aliphatic heterocycles. The van der Waals surface area contributed by atoms with Crippen molar-refractivity contribution < 1.29 is 32.7 Å². The van der Waals surface area contributed by atoms with E-state index < -0.39 is 44.0 Å². The molecule has 0 heterocycles. The van der Waals surface area contributed by atoms with Gasteiger partial charge >= 0.3 is 0 Å². The number of nitro groups is 1. The van der Waals surface area contributed by atoms with Gasteiger partial charge in [-0.2, -0.15) is 0 Å². The molecule has 108 valence electrons. The highest BCUT2D eigenvalue weighted by Gasteiger charge is 2.25. The summed E-state index contributed by atoms with van der Waals surface area (Å²) in [5.74, 6) is 0. The van der Waals surface area contributed by atoms with Crippen LogP contribution in [0.15, 0.2) is 0 Å². The lowest BCUT2D eigenvalue weighted by molar-refractivity contribution is -0.524. The van der Waals surface area contributed by atoms with Gasteiger partial charge in [0.25, 0.3) is 0 Å². The van der Waals surface area contributed by atoms with E-state index >= 15 is 0 Å². The SMILES string of the molecule is O=[N+]([O-])C(CCC(O)S(=O)O)CCC(O)S(=O)O. The summed E-state index contributed by atoms with van der Waals surface area (Å²) in [6, 6.07) is -1.15. The third-order valence-electron chi connectivity index (χ3n) is 2.26. The molecule has 0 saturated heterocycles. The highest BCUT2D eigenvalue weighted by molar-refractivity contribution is 7.79. The fourth-order valence-electron chi connectivity index (χ4n) is 1.23. The van der Waals surface area contributed by atoms with Crippen LogP contribution in [0.1, 0.15) is 25.7 Å². The first-order valence-electron chi connectivity index (χ1n) is 4.94. The van der Waals surface area contributed by atoms with E-state index in [-0.39, 0.29) is 25.7 Å². The van der Waals surface area contributed by atoms with Crippen LogP contribution in [0.2, 0.25) is 0 Å². The Morgan fingerprint density at radius 1 is 0.944 bits per heavy atom. The zero-order valence-electron chi connectivity index (χ0n) is 9.25. The molecule has 0 aliphatic carbocycles. The Bertz CT molecular complexity index is 301. The minimum atomic E-state index is -2.47. The topological polar surface area (TPSA) is 158 Å². The van der Waals surface area contributed by atoms with Gasteiger partial charge in [0, 0.05) is 17.8 Å². The Kier molecular flexibility index (Phi) is 8.39. The van der Waals surface area contributed by atoms with Gasteiger partial charge in [0.1, 0.15) is 0 Å². The minimum absolute atomic E-state index is 0.161. The smallest absolute Gasteiger partial charge is 0.213 e. The van der Waals surface area contributed by atoms with Crippen molar-refractivity contribution in [3.8, 4) is 0 Å². The quantitative estimate of drug-likeness (QED) is 0.246. The van der Waals surface area contributed by atoms with Crippen molar-refractivity contribution in [2.45, 2.75) is 42.6 Å². The average molecular weight is 305 g/mol. The maximum Gasteiger partial charge on any atom is 0.213 e. The fourth-order valence-corrected chi connectivity index (χ4v) is 1.90. The van der Waals surface area contributed by atoms with Crippen LogP contribution in [0.5, 0.6) is 0 Å². The zero-order chi connectivity index (χ0) is 14.3. The summed E-state index contributed by atoms with van der Waals surface area (Å²) < 4.78 is 37.8. The summed E-state index contributed by atoms with van der Waals surface area (Å²) in [6.45, 7) is 0. The van der Waals surface area contributed by atoms with Crippen LogP contribution in [-0.2, 0) is 22.2 Å². The van der Waals surface area contributed by atoms with Crippen LogP contribution in [0.25, 0.3) is 0 Å². The second-order valence-electron chi connectivity index (χ2n) is 3.56. The number of rotatable bonds is 9. The molecule has 4 N–H and O–H groups in total. The second kappa shape index (κ2) is 8.61. The Hall–Kier alpha value is -0.460. The van der Waals surface area contributed by atoms with Crippen molar-refractivity contribution in [1.29, 1.82) is 0 Å². The van der Waals surface area contributed by atoms with Gasteiger partial charge in [-0.25, -0.2) is 8.42 Å². The van der Waals surface area contributed by atoms with Gasteiger partial charge in [-0.3, -0.25) is 10.1 Å². The van der Waals surface area contributed by atoms with Gasteiger partial charge in [-0.15, -0.1) is 0 Å². The number of hydrogen-bond acceptors (Lipinski definition) is 6. The first-order chi connectivity index (χ1) is 8.25. The molecule has 0 fully saturated rings. The van der Waals surface area contributed by atoms with E-state index in [1.165, 1.54) is 0 Å². The van der Waals surface area contributed by atoms with E-state index in [1.54, 1.807) is 0 Å². The summed E-state index contributed by atoms with van der Waals surface area (Å²) in [6.07, 6.45) is -0.809. The predicted octanol–water partition coefficient (Wildman–Crippen LogP) is -0.728. The zero-order valence-corrected chi connectivity index (χ0v) is 10.9. The normalized spacial score (nSPS) is 19.8. The Morgan fingerprint density at radius 2 is 1.28 bits per heavy atom. The van der Waals surface area contributed by atoms with E-state index in [9.17, 15) is 18.5 Å². The number of hydrogen-bond donors (Lipinski definition) is 4. The summed E-state index contributed by atoms with van der Waals surface area (Å²) in [7, 11) is 0. The number of nitrogens with zero attached hydrogens (tertiary/aromatic N) is 1. The number of aliphatic hydroxyl groups excluding tert-OH is 2. The molecule has 18 heavy (non-hydrogen) atoms.